The normalized spacial score (nSPS) is 24.1. The summed E-state index contributed by atoms with van der Waals surface area (Å²) in [5.74, 6) is 0.411. The summed E-state index contributed by atoms with van der Waals surface area (Å²) in [6.07, 6.45) is 1.61. The number of halogens is 1. The fraction of sp³-hybridized carbons (Fsp3) is 0.538. The lowest BCUT2D eigenvalue weighted by Crippen LogP contribution is -2.51. The molecule has 0 saturated carbocycles. The number of morpholine rings is 1. The van der Waals surface area contributed by atoms with Crippen LogP contribution in [0.5, 0.6) is 0 Å². The molecular formula is C13H17ClN2O2. The molecule has 98 valence electrons. The number of hydrogen-bond acceptors (Lipinski definition) is 3. The first-order chi connectivity index (χ1) is 8.63. The molecule has 1 saturated heterocycles. The molecule has 2 heterocycles. The fourth-order valence-corrected chi connectivity index (χ4v) is 2.25. The van der Waals surface area contributed by atoms with Gasteiger partial charge in [0.1, 0.15) is 0 Å². The van der Waals surface area contributed by atoms with Gasteiger partial charge in [0, 0.05) is 18.4 Å². The average Bonchev–Trinajstić information content (AvgIpc) is 2.39. The number of carbonyl (C=O) groups excluding carboxylic acids is 1. The highest BCUT2D eigenvalue weighted by Crippen LogP contribution is 2.17. The van der Waals surface area contributed by atoms with Crippen molar-refractivity contribution >= 4 is 17.5 Å². The summed E-state index contributed by atoms with van der Waals surface area (Å²) < 4.78 is 5.54. The number of aryl methyl sites for hydroxylation is 1. The Balaban J connectivity index is 2.19. The van der Waals surface area contributed by atoms with Crippen molar-refractivity contribution in [3.8, 4) is 0 Å². The van der Waals surface area contributed by atoms with Crippen molar-refractivity contribution in [2.45, 2.75) is 26.0 Å². The highest BCUT2D eigenvalue weighted by Gasteiger charge is 2.30. The maximum Gasteiger partial charge on any atom is 0.256 e. The SMILES string of the molecule is Cc1ncccc1C(=O)N1CC(CCl)OCC1C. The van der Waals surface area contributed by atoms with Gasteiger partial charge >= 0.3 is 0 Å². The minimum Gasteiger partial charge on any atom is -0.373 e. The van der Waals surface area contributed by atoms with Crippen LogP contribution in [-0.4, -0.2) is 47.0 Å². The van der Waals surface area contributed by atoms with Gasteiger partial charge in [0.2, 0.25) is 0 Å². The summed E-state index contributed by atoms with van der Waals surface area (Å²) in [5.41, 5.74) is 1.41. The minimum absolute atomic E-state index is 0.00603. The van der Waals surface area contributed by atoms with Gasteiger partial charge in [0.15, 0.2) is 0 Å². The summed E-state index contributed by atoms with van der Waals surface area (Å²) in [5, 5.41) is 0. The van der Waals surface area contributed by atoms with Crippen LogP contribution in [0.3, 0.4) is 0 Å². The maximum atomic E-state index is 12.5. The predicted molar refractivity (Wildman–Crippen MR) is 69.9 cm³/mol. The highest BCUT2D eigenvalue weighted by molar-refractivity contribution is 6.18. The third-order valence-corrected chi connectivity index (χ3v) is 3.52. The van der Waals surface area contributed by atoms with Crippen molar-refractivity contribution in [1.29, 1.82) is 0 Å². The molecule has 0 bridgehead atoms. The van der Waals surface area contributed by atoms with E-state index in [-0.39, 0.29) is 18.1 Å². The molecule has 18 heavy (non-hydrogen) atoms. The van der Waals surface area contributed by atoms with Crippen LogP contribution in [0.1, 0.15) is 23.0 Å². The number of nitrogens with zero attached hydrogens (tertiary/aromatic N) is 2. The second kappa shape index (κ2) is 5.67. The van der Waals surface area contributed by atoms with Gasteiger partial charge in [0.25, 0.3) is 5.91 Å². The molecule has 4 nitrogen and oxygen atoms in total. The van der Waals surface area contributed by atoms with Crippen LogP contribution >= 0.6 is 11.6 Å². The Bertz CT molecular complexity index is 439. The van der Waals surface area contributed by atoms with Gasteiger partial charge in [-0.05, 0) is 26.0 Å². The molecular weight excluding hydrogens is 252 g/mol. The van der Waals surface area contributed by atoms with E-state index in [2.05, 4.69) is 4.98 Å². The number of pyridine rings is 1. The van der Waals surface area contributed by atoms with Gasteiger partial charge < -0.3 is 9.64 Å². The van der Waals surface area contributed by atoms with Gasteiger partial charge in [0.05, 0.1) is 30.2 Å². The molecule has 2 atom stereocenters. The lowest BCUT2D eigenvalue weighted by atomic mass is 10.1. The third kappa shape index (κ3) is 2.65. The summed E-state index contributed by atoms with van der Waals surface area (Å²) >= 11 is 5.80. The molecule has 0 spiro atoms. The summed E-state index contributed by atoms with van der Waals surface area (Å²) in [7, 11) is 0. The minimum atomic E-state index is -0.0798. The molecule has 1 amide bonds. The van der Waals surface area contributed by atoms with E-state index < -0.39 is 0 Å². The molecule has 1 aliphatic rings. The maximum absolute atomic E-state index is 12.5. The van der Waals surface area contributed by atoms with E-state index in [0.29, 0.717) is 24.6 Å². The van der Waals surface area contributed by atoms with Gasteiger partial charge in [-0.25, -0.2) is 0 Å². The van der Waals surface area contributed by atoms with E-state index in [9.17, 15) is 4.79 Å². The molecule has 1 fully saturated rings. The number of aromatic nitrogens is 1. The molecule has 1 aliphatic heterocycles. The number of carbonyl (C=O) groups is 1. The smallest absolute Gasteiger partial charge is 0.256 e. The zero-order valence-electron chi connectivity index (χ0n) is 10.6. The molecule has 1 aromatic rings. The number of ether oxygens (including phenoxy) is 1. The van der Waals surface area contributed by atoms with E-state index in [1.54, 1.807) is 12.3 Å². The van der Waals surface area contributed by atoms with Gasteiger partial charge in [-0.15, -0.1) is 11.6 Å². The van der Waals surface area contributed by atoms with Crippen molar-refractivity contribution in [2.75, 3.05) is 19.0 Å². The number of hydrogen-bond donors (Lipinski definition) is 0. The quantitative estimate of drug-likeness (QED) is 0.769. The molecule has 2 unspecified atom stereocenters. The Hall–Kier alpha value is -1.13. The second-order valence-electron chi connectivity index (χ2n) is 4.55. The van der Waals surface area contributed by atoms with Crippen molar-refractivity contribution < 1.29 is 9.53 Å². The molecule has 2 rings (SSSR count). The fourth-order valence-electron chi connectivity index (χ4n) is 2.06. The van der Waals surface area contributed by atoms with Crippen LogP contribution in [0.4, 0.5) is 0 Å². The largest absolute Gasteiger partial charge is 0.373 e. The zero-order valence-corrected chi connectivity index (χ0v) is 11.4. The number of alkyl halides is 1. The summed E-state index contributed by atoms with van der Waals surface area (Å²) in [6.45, 7) is 4.89. The van der Waals surface area contributed by atoms with Gasteiger partial charge in [-0.3, -0.25) is 9.78 Å². The van der Waals surface area contributed by atoms with E-state index in [0.717, 1.165) is 5.69 Å². The van der Waals surface area contributed by atoms with Crippen molar-refractivity contribution in [3.05, 3.63) is 29.6 Å². The Morgan fingerprint density at radius 3 is 3.11 bits per heavy atom. The van der Waals surface area contributed by atoms with Gasteiger partial charge in [-0.1, -0.05) is 0 Å². The number of rotatable bonds is 2. The Morgan fingerprint density at radius 1 is 1.67 bits per heavy atom. The van der Waals surface area contributed by atoms with E-state index in [1.165, 1.54) is 0 Å². The van der Waals surface area contributed by atoms with Crippen LogP contribution in [0.25, 0.3) is 0 Å². The summed E-state index contributed by atoms with van der Waals surface area (Å²) in [4.78, 5) is 18.5. The Kier molecular flexibility index (Phi) is 4.19. The van der Waals surface area contributed by atoms with Crippen LogP contribution in [0, 0.1) is 6.92 Å². The van der Waals surface area contributed by atoms with Crippen LogP contribution in [-0.2, 0) is 4.74 Å². The van der Waals surface area contributed by atoms with Crippen molar-refractivity contribution in [3.63, 3.8) is 0 Å². The predicted octanol–water partition coefficient (Wildman–Crippen LogP) is 1.86. The molecule has 5 heteroatoms. The number of amides is 1. The first kappa shape index (κ1) is 13.3. The average molecular weight is 269 g/mol. The molecule has 1 aromatic heterocycles. The van der Waals surface area contributed by atoms with E-state index in [4.69, 9.17) is 16.3 Å². The third-order valence-electron chi connectivity index (χ3n) is 3.18. The lowest BCUT2D eigenvalue weighted by Gasteiger charge is -2.37. The van der Waals surface area contributed by atoms with Crippen molar-refractivity contribution in [1.82, 2.24) is 9.88 Å². The Labute approximate surface area is 112 Å². The van der Waals surface area contributed by atoms with E-state index >= 15 is 0 Å². The van der Waals surface area contributed by atoms with Crippen LogP contribution < -0.4 is 0 Å². The van der Waals surface area contributed by atoms with Crippen LogP contribution in [0.15, 0.2) is 18.3 Å². The Morgan fingerprint density at radius 2 is 2.44 bits per heavy atom. The van der Waals surface area contributed by atoms with Crippen molar-refractivity contribution in [2.24, 2.45) is 0 Å². The summed E-state index contributed by atoms with van der Waals surface area (Å²) in [6, 6.07) is 3.66. The van der Waals surface area contributed by atoms with Crippen LogP contribution in [0.2, 0.25) is 0 Å². The first-order valence-corrected chi connectivity index (χ1v) is 6.57. The first-order valence-electron chi connectivity index (χ1n) is 6.03. The monoisotopic (exact) mass is 268 g/mol. The molecule has 0 radical (unpaired) electrons. The molecule has 0 aromatic carbocycles. The second-order valence-corrected chi connectivity index (χ2v) is 4.86. The topological polar surface area (TPSA) is 42.4 Å². The highest BCUT2D eigenvalue weighted by atomic mass is 35.5. The standard InChI is InChI=1S/C13H17ClN2O2/c1-9-8-18-11(6-14)7-16(9)13(17)12-4-3-5-15-10(12)2/h3-5,9,11H,6-8H2,1-2H3. The van der Waals surface area contributed by atoms with Gasteiger partial charge in [-0.2, -0.15) is 0 Å². The van der Waals surface area contributed by atoms with E-state index in [1.807, 2.05) is 24.8 Å². The lowest BCUT2D eigenvalue weighted by molar-refractivity contribution is -0.0372. The molecule has 0 aliphatic carbocycles. The molecule has 0 N–H and O–H groups in total. The zero-order chi connectivity index (χ0) is 13.1.